The second kappa shape index (κ2) is 6.93. The first-order chi connectivity index (χ1) is 10.1. The molecule has 2 N–H and O–H groups in total. The van der Waals surface area contributed by atoms with Gasteiger partial charge in [0.05, 0.1) is 6.07 Å². The van der Waals surface area contributed by atoms with E-state index in [-0.39, 0.29) is 17.7 Å². The minimum atomic E-state index is -0.721. The quantitative estimate of drug-likeness (QED) is 0.831. The first-order valence-electron chi connectivity index (χ1n) is 8.10. The van der Waals surface area contributed by atoms with E-state index < -0.39 is 11.6 Å². The minimum Gasteiger partial charge on any atom is -0.344 e. The molecule has 0 aliphatic heterocycles. The monoisotopic (exact) mass is 291 g/mol. The number of amides is 2. The van der Waals surface area contributed by atoms with Gasteiger partial charge in [-0.15, -0.1) is 0 Å². The van der Waals surface area contributed by atoms with Gasteiger partial charge in [-0.2, -0.15) is 5.26 Å². The Labute approximate surface area is 126 Å². The van der Waals surface area contributed by atoms with Crippen LogP contribution in [0.1, 0.15) is 64.7 Å². The lowest BCUT2D eigenvalue weighted by Crippen LogP contribution is -2.53. The van der Waals surface area contributed by atoms with Crippen molar-refractivity contribution >= 4 is 11.8 Å². The zero-order valence-electron chi connectivity index (χ0n) is 12.8. The highest BCUT2D eigenvalue weighted by Crippen LogP contribution is 2.29. The summed E-state index contributed by atoms with van der Waals surface area (Å²) in [6.45, 7) is 1.69. The second-order valence-corrected chi connectivity index (χ2v) is 6.46. The zero-order chi connectivity index (χ0) is 15.3. The van der Waals surface area contributed by atoms with Crippen LogP contribution in [0.15, 0.2) is 0 Å². The molecular formula is C16H25N3O2. The number of nitrogens with zero attached hydrogens (tertiary/aromatic N) is 1. The van der Waals surface area contributed by atoms with Crippen molar-refractivity contribution in [3.05, 3.63) is 0 Å². The first-order valence-corrected chi connectivity index (χ1v) is 8.10. The lowest BCUT2D eigenvalue weighted by atomic mass is 9.88. The van der Waals surface area contributed by atoms with Gasteiger partial charge >= 0.3 is 0 Å². The summed E-state index contributed by atoms with van der Waals surface area (Å²) in [4.78, 5) is 24.3. The largest absolute Gasteiger partial charge is 0.344 e. The van der Waals surface area contributed by atoms with Crippen molar-refractivity contribution in [3.8, 4) is 6.07 Å². The summed E-state index contributed by atoms with van der Waals surface area (Å²) in [7, 11) is 0. The Balaban J connectivity index is 1.84. The van der Waals surface area contributed by atoms with Crippen LogP contribution in [0.25, 0.3) is 0 Å². The van der Waals surface area contributed by atoms with Crippen LogP contribution in [0.3, 0.4) is 0 Å². The molecule has 0 bridgehead atoms. The molecule has 0 saturated heterocycles. The molecule has 1 atom stereocenters. The fourth-order valence-corrected chi connectivity index (χ4v) is 3.35. The Hall–Kier alpha value is -1.57. The van der Waals surface area contributed by atoms with E-state index in [0.29, 0.717) is 12.8 Å². The van der Waals surface area contributed by atoms with Crippen molar-refractivity contribution < 1.29 is 9.59 Å². The van der Waals surface area contributed by atoms with Gasteiger partial charge in [0.2, 0.25) is 11.8 Å². The molecule has 0 aromatic carbocycles. The van der Waals surface area contributed by atoms with E-state index in [1.807, 2.05) is 0 Å². The van der Waals surface area contributed by atoms with E-state index in [9.17, 15) is 14.9 Å². The molecule has 5 heteroatoms. The van der Waals surface area contributed by atoms with E-state index in [1.54, 1.807) is 6.92 Å². The smallest absolute Gasteiger partial charge is 0.243 e. The maximum absolute atomic E-state index is 12.2. The number of nitriles is 1. The average Bonchev–Trinajstić information content (AvgIpc) is 2.97. The van der Waals surface area contributed by atoms with E-state index in [2.05, 4.69) is 16.7 Å². The molecule has 2 fully saturated rings. The van der Waals surface area contributed by atoms with Gasteiger partial charge in [0.15, 0.2) is 0 Å². The van der Waals surface area contributed by atoms with Gasteiger partial charge in [-0.3, -0.25) is 9.59 Å². The predicted octanol–water partition coefficient (Wildman–Crippen LogP) is 2.02. The SMILES string of the molecule is CC(NC(=O)C1CCCCC1)C(=O)NC1(C#N)CCCC1. The van der Waals surface area contributed by atoms with Gasteiger partial charge < -0.3 is 10.6 Å². The van der Waals surface area contributed by atoms with Gasteiger partial charge in [0.25, 0.3) is 0 Å². The Morgan fingerprint density at radius 3 is 2.33 bits per heavy atom. The number of carbonyl (C=O) groups excluding carboxylic acids is 2. The Kier molecular flexibility index (Phi) is 5.22. The summed E-state index contributed by atoms with van der Waals surface area (Å²) >= 11 is 0. The summed E-state index contributed by atoms with van der Waals surface area (Å²) in [6, 6.07) is 1.66. The summed E-state index contributed by atoms with van der Waals surface area (Å²) in [5.74, 6) is -0.220. The molecule has 0 aromatic rings. The minimum absolute atomic E-state index is 0.0187. The lowest BCUT2D eigenvalue weighted by Gasteiger charge is -2.26. The normalized spacial score (nSPS) is 23.0. The molecule has 0 heterocycles. The maximum atomic E-state index is 12.2. The Bertz CT molecular complexity index is 429. The van der Waals surface area contributed by atoms with E-state index in [4.69, 9.17) is 0 Å². The maximum Gasteiger partial charge on any atom is 0.243 e. The van der Waals surface area contributed by atoms with E-state index in [0.717, 1.165) is 38.5 Å². The number of hydrogen-bond acceptors (Lipinski definition) is 3. The van der Waals surface area contributed by atoms with Crippen molar-refractivity contribution in [2.75, 3.05) is 0 Å². The zero-order valence-corrected chi connectivity index (χ0v) is 12.8. The molecule has 0 spiro atoms. The molecule has 0 radical (unpaired) electrons. The molecule has 2 saturated carbocycles. The number of carbonyl (C=O) groups is 2. The summed E-state index contributed by atoms with van der Waals surface area (Å²) in [5.41, 5.74) is -0.721. The molecule has 0 aromatic heterocycles. The topological polar surface area (TPSA) is 82.0 Å². The second-order valence-electron chi connectivity index (χ2n) is 6.46. The molecule has 2 rings (SSSR count). The number of hydrogen-bond donors (Lipinski definition) is 2. The van der Waals surface area contributed by atoms with Gasteiger partial charge in [0.1, 0.15) is 11.6 Å². The fourth-order valence-electron chi connectivity index (χ4n) is 3.35. The first kappa shape index (κ1) is 15.8. The van der Waals surface area contributed by atoms with Gasteiger partial charge in [-0.1, -0.05) is 19.3 Å². The Morgan fingerprint density at radius 2 is 1.76 bits per heavy atom. The number of rotatable bonds is 4. The highest BCUT2D eigenvalue weighted by atomic mass is 16.2. The van der Waals surface area contributed by atoms with Crippen molar-refractivity contribution in [1.82, 2.24) is 10.6 Å². The molecular weight excluding hydrogens is 266 g/mol. The van der Waals surface area contributed by atoms with Crippen molar-refractivity contribution in [2.45, 2.75) is 76.3 Å². The highest BCUT2D eigenvalue weighted by Gasteiger charge is 2.36. The van der Waals surface area contributed by atoms with Gasteiger partial charge in [0, 0.05) is 5.92 Å². The van der Waals surface area contributed by atoms with Crippen LogP contribution in [0, 0.1) is 17.2 Å². The van der Waals surface area contributed by atoms with Crippen LogP contribution >= 0.6 is 0 Å². The average molecular weight is 291 g/mol. The van der Waals surface area contributed by atoms with Crippen LogP contribution in [-0.2, 0) is 9.59 Å². The molecule has 21 heavy (non-hydrogen) atoms. The van der Waals surface area contributed by atoms with Crippen LogP contribution in [0.4, 0.5) is 0 Å². The summed E-state index contributed by atoms with van der Waals surface area (Å²) in [5, 5.41) is 14.9. The van der Waals surface area contributed by atoms with Crippen LogP contribution in [0.2, 0.25) is 0 Å². The van der Waals surface area contributed by atoms with Crippen LogP contribution in [0.5, 0.6) is 0 Å². The molecule has 1 unspecified atom stereocenters. The third-order valence-electron chi connectivity index (χ3n) is 4.76. The van der Waals surface area contributed by atoms with Gasteiger partial charge in [-0.25, -0.2) is 0 Å². The third-order valence-corrected chi connectivity index (χ3v) is 4.76. The molecule has 2 amide bonds. The number of nitrogens with one attached hydrogen (secondary N) is 2. The fraction of sp³-hybridized carbons (Fsp3) is 0.812. The standard InChI is InChI=1S/C16H25N3O2/c1-12(18-15(21)13-7-3-2-4-8-13)14(20)19-16(11-17)9-5-6-10-16/h12-13H,2-10H2,1H3,(H,18,21)(H,19,20). The van der Waals surface area contributed by atoms with Crippen molar-refractivity contribution in [3.63, 3.8) is 0 Å². The Morgan fingerprint density at radius 1 is 1.14 bits per heavy atom. The van der Waals surface area contributed by atoms with Crippen LogP contribution in [-0.4, -0.2) is 23.4 Å². The van der Waals surface area contributed by atoms with E-state index >= 15 is 0 Å². The third kappa shape index (κ3) is 3.96. The molecule has 5 nitrogen and oxygen atoms in total. The van der Waals surface area contributed by atoms with Gasteiger partial charge in [-0.05, 0) is 45.4 Å². The predicted molar refractivity (Wildman–Crippen MR) is 79.1 cm³/mol. The summed E-state index contributed by atoms with van der Waals surface area (Å²) in [6.07, 6.45) is 8.58. The molecule has 2 aliphatic rings. The molecule has 2 aliphatic carbocycles. The highest BCUT2D eigenvalue weighted by molar-refractivity contribution is 5.88. The van der Waals surface area contributed by atoms with E-state index in [1.165, 1.54) is 6.42 Å². The molecule has 116 valence electrons. The van der Waals surface area contributed by atoms with Crippen molar-refractivity contribution in [1.29, 1.82) is 5.26 Å². The van der Waals surface area contributed by atoms with Crippen molar-refractivity contribution in [2.24, 2.45) is 5.92 Å². The van der Waals surface area contributed by atoms with Crippen LogP contribution < -0.4 is 10.6 Å². The summed E-state index contributed by atoms with van der Waals surface area (Å²) < 4.78 is 0. The lowest BCUT2D eigenvalue weighted by molar-refractivity contribution is -0.132.